The SMILES string of the molecule is O=P(O)(O)Cc1cc2c(O)c(c1)Cc1cc(CP(=O)(O)O)cc(c1O)Cc1cc(CP(=O)(O)O)cc(c1O)Cc1cc(CP(=O)(O)O)cc(c1O)C2. The Morgan fingerprint density at radius 2 is 0.462 bits per heavy atom. The second-order valence-electron chi connectivity index (χ2n) is 13.0. The molecule has 8 bridgehead atoms. The van der Waals surface area contributed by atoms with Crippen molar-refractivity contribution in [2.45, 2.75) is 50.3 Å². The summed E-state index contributed by atoms with van der Waals surface area (Å²) in [6, 6.07) is 10.2. The molecule has 1 aliphatic carbocycles. The second-order valence-corrected chi connectivity index (χ2v) is 19.6. The van der Waals surface area contributed by atoms with Crippen LogP contribution in [-0.4, -0.2) is 59.6 Å². The van der Waals surface area contributed by atoms with E-state index in [0.717, 1.165) is 0 Å². The third-order valence-corrected chi connectivity index (χ3v) is 11.5. The molecule has 5 rings (SSSR count). The quantitative estimate of drug-likeness (QED) is 0.0991. The molecule has 1 aliphatic rings. The molecular formula is C32H36O16P4. The molecule has 4 aromatic rings. The standard InChI is InChI=1S/C32H36O16P4/c33-29-21-1-17(13-49(37,38)39)2-22(29)10-24-5-19(15-51(43,44)45)6-27(31(24)35)12-28-8-20(16-52(46,47)48)7-26(32(28)36)11-25-4-18(14-50(40,41)42)3-23(9-21)30(25)34/h1-8,33-36H,9-16H2,(H2,37,38,39)(H2,40,41,42)(H2,43,44,45)(H2,46,47,48). The van der Waals surface area contributed by atoms with E-state index in [1.165, 1.54) is 48.5 Å². The van der Waals surface area contributed by atoms with Gasteiger partial charge in [-0.3, -0.25) is 18.3 Å². The Balaban J connectivity index is 1.84. The van der Waals surface area contributed by atoms with Crippen LogP contribution in [-0.2, 0) is 68.6 Å². The van der Waals surface area contributed by atoms with Crippen molar-refractivity contribution < 1.29 is 77.8 Å². The van der Waals surface area contributed by atoms with E-state index in [-0.39, 0.29) is 92.4 Å². The van der Waals surface area contributed by atoms with Crippen LogP contribution in [0.3, 0.4) is 0 Å². The topological polar surface area (TPSA) is 311 Å². The fourth-order valence-corrected chi connectivity index (χ4v) is 9.18. The molecule has 0 unspecified atom stereocenters. The van der Waals surface area contributed by atoms with Gasteiger partial charge < -0.3 is 59.6 Å². The van der Waals surface area contributed by atoms with Gasteiger partial charge in [-0.2, -0.15) is 0 Å². The van der Waals surface area contributed by atoms with Crippen molar-refractivity contribution in [1.82, 2.24) is 0 Å². The smallest absolute Gasteiger partial charge is 0.329 e. The largest absolute Gasteiger partial charge is 0.507 e. The van der Waals surface area contributed by atoms with Crippen molar-refractivity contribution >= 4 is 30.4 Å². The van der Waals surface area contributed by atoms with Gasteiger partial charge in [-0.1, -0.05) is 48.5 Å². The minimum Gasteiger partial charge on any atom is -0.507 e. The number of phenols is 4. The van der Waals surface area contributed by atoms with E-state index < -0.39 is 78.0 Å². The van der Waals surface area contributed by atoms with Crippen LogP contribution in [0.25, 0.3) is 0 Å². The minimum absolute atomic E-state index is 0.0162. The number of hydrogen-bond donors (Lipinski definition) is 12. The Labute approximate surface area is 296 Å². The summed E-state index contributed by atoms with van der Waals surface area (Å²) in [5.74, 6) is -1.69. The van der Waals surface area contributed by atoms with E-state index in [9.17, 15) is 77.8 Å². The van der Waals surface area contributed by atoms with Gasteiger partial charge in [-0.15, -0.1) is 0 Å². The lowest BCUT2D eigenvalue weighted by Crippen LogP contribution is -2.05. The predicted molar refractivity (Wildman–Crippen MR) is 187 cm³/mol. The van der Waals surface area contributed by atoms with Crippen LogP contribution in [0.4, 0.5) is 0 Å². The van der Waals surface area contributed by atoms with Gasteiger partial charge in [0.25, 0.3) is 0 Å². The van der Waals surface area contributed by atoms with E-state index in [1.54, 1.807) is 0 Å². The molecule has 0 spiro atoms. The molecule has 16 nitrogen and oxygen atoms in total. The van der Waals surface area contributed by atoms with Crippen LogP contribution in [0.1, 0.15) is 66.8 Å². The van der Waals surface area contributed by atoms with Gasteiger partial charge in [-0.25, -0.2) is 0 Å². The van der Waals surface area contributed by atoms with Gasteiger partial charge in [-0.05, 0) is 66.8 Å². The second kappa shape index (κ2) is 14.5. The summed E-state index contributed by atoms with van der Waals surface area (Å²) in [5.41, 5.74) is 0.322. The minimum atomic E-state index is -4.69. The maximum Gasteiger partial charge on any atom is 0.329 e. The number of fused-ring (bicyclic) bond motifs is 8. The summed E-state index contributed by atoms with van der Waals surface area (Å²) in [5, 5.41) is 46.0. The molecule has 0 radical (unpaired) electrons. The molecule has 0 amide bonds. The van der Waals surface area contributed by atoms with Crippen LogP contribution >= 0.6 is 30.4 Å². The molecule has 0 aliphatic heterocycles. The Morgan fingerprint density at radius 3 is 0.577 bits per heavy atom. The molecule has 0 saturated heterocycles. The third-order valence-electron chi connectivity index (χ3n) is 8.39. The van der Waals surface area contributed by atoms with Crippen molar-refractivity contribution in [3.63, 3.8) is 0 Å². The number of phenolic OH excluding ortho intramolecular Hbond substituents is 4. The maximum absolute atomic E-state index is 12.0. The highest BCUT2D eigenvalue weighted by Crippen LogP contribution is 2.47. The average Bonchev–Trinajstić information content (AvgIpc) is 2.94. The number of rotatable bonds is 8. The van der Waals surface area contributed by atoms with E-state index in [2.05, 4.69) is 0 Å². The van der Waals surface area contributed by atoms with Crippen molar-refractivity contribution in [3.8, 4) is 23.0 Å². The average molecular weight is 801 g/mol. The third kappa shape index (κ3) is 10.4. The first-order valence-corrected chi connectivity index (χ1v) is 22.5. The Bertz CT molecular complexity index is 1850. The summed E-state index contributed by atoms with van der Waals surface area (Å²) in [6.45, 7) is 0. The van der Waals surface area contributed by atoms with Crippen LogP contribution < -0.4 is 0 Å². The molecule has 0 saturated carbocycles. The first-order valence-electron chi connectivity index (χ1n) is 15.4. The molecule has 52 heavy (non-hydrogen) atoms. The van der Waals surface area contributed by atoms with E-state index in [0.29, 0.717) is 0 Å². The zero-order chi connectivity index (χ0) is 38.6. The summed E-state index contributed by atoms with van der Waals surface area (Å²) in [6.07, 6.45) is -4.52. The number of aromatic hydroxyl groups is 4. The van der Waals surface area contributed by atoms with Gasteiger partial charge >= 0.3 is 30.4 Å². The summed E-state index contributed by atoms with van der Waals surface area (Å²) < 4.78 is 48.2. The lowest BCUT2D eigenvalue weighted by molar-refractivity contribution is 0.369. The molecule has 4 aromatic carbocycles. The van der Waals surface area contributed by atoms with E-state index >= 15 is 0 Å². The molecule has 0 heterocycles. The number of benzene rings is 4. The molecule has 20 heteroatoms. The lowest BCUT2D eigenvalue weighted by Gasteiger charge is -2.20. The van der Waals surface area contributed by atoms with Gasteiger partial charge in [0.1, 0.15) is 23.0 Å². The summed E-state index contributed by atoms with van der Waals surface area (Å²) in [7, 11) is -18.8. The Morgan fingerprint density at radius 1 is 0.327 bits per heavy atom. The highest BCUT2D eigenvalue weighted by molar-refractivity contribution is 7.51. The van der Waals surface area contributed by atoms with E-state index in [1.807, 2.05) is 0 Å². The van der Waals surface area contributed by atoms with Crippen molar-refractivity contribution in [1.29, 1.82) is 0 Å². The Hall–Kier alpha value is -3.32. The van der Waals surface area contributed by atoms with Crippen molar-refractivity contribution in [2.24, 2.45) is 0 Å². The highest BCUT2D eigenvalue weighted by atomic mass is 31.2. The van der Waals surface area contributed by atoms with Crippen LogP contribution in [0.15, 0.2) is 48.5 Å². The molecule has 280 valence electrons. The first kappa shape index (κ1) is 39.9. The van der Waals surface area contributed by atoms with E-state index in [4.69, 9.17) is 0 Å². The molecule has 0 fully saturated rings. The zero-order valence-corrected chi connectivity index (χ0v) is 30.6. The monoisotopic (exact) mass is 800 g/mol. The first-order chi connectivity index (χ1) is 23.8. The molecule has 0 aromatic heterocycles. The van der Waals surface area contributed by atoms with Gasteiger partial charge in [0.2, 0.25) is 0 Å². The van der Waals surface area contributed by atoms with Crippen molar-refractivity contribution in [2.75, 3.05) is 0 Å². The lowest BCUT2D eigenvalue weighted by atomic mass is 9.89. The van der Waals surface area contributed by atoms with Crippen molar-refractivity contribution in [3.05, 3.63) is 115 Å². The van der Waals surface area contributed by atoms with Crippen LogP contribution in [0.5, 0.6) is 23.0 Å². The maximum atomic E-state index is 12.0. The van der Waals surface area contributed by atoms with Gasteiger partial charge in [0.15, 0.2) is 0 Å². The number of hydrogen-bond acceptors (Lipinski definition) is 8. The summed E-state index contributed by atoms with van der Waals surface area (Å²) in [4.78, 5) is 78.2. The zero-order valence-electron chi connectivity index (χ0n) is 27.1. The highest BCUT2D eigenvalue weighted by Gasteiger charge is 2.26. The fraction of sp³-hybridized carbons (Fsp3) is 0.250. The van der Waals surface area contributed by atoms with Crippen LogP contribution in [0, 0.1) is 0 Å². The fourth-order valence-electron chi connectivity index (χ4n) is 6.54. The molecule has 12 N–H and O–H groups in total. The predicted octanol–water partition coefficient (Wildman–Crippen LogP) is 3.90. The van der Waals surface area contributed by atoms with Gasteiger partial charge in [0, 0.05) is 25.7 Å². The molecule has 0 atom stereocenters. The summed E-state index contributed by atoms with van der Waals surface area (Å²) >= 11 is 0. The molecular weight excluding hydrogens is 764 g/mol. The Kier molecular flexibility index (Phi) is 11.1. The normalized spacial score (nSPS) is 14.0. The van der Waals surface area contributed by atoms with Gasteiger partial charge in [0.05, 0.1) is 24.6 Å². The van der Waals surface area contributed by atoms with Crippen LogP contribution in [0.2, 0.25) is 0 Å².